The molecule has 1 N–H and O–H groups in total. The van der Waals surface area contributed by atoms with Gasteiger partial charge in [-0.15, -0.1) is 0 Å². The normalized spacial score (nSPS) is 12.0. The largest absolute Gasteiger partial charge is 0.490 e. The fourth-order valence-electron chi connectivity index (χ4n) is 2.84. The summed E-state index contributed by atoms with van der Waals surface area (Å²) >= 11 is 5.83. The number of benzene rings is 1. The average Bonchev–Trinajstić information content (AvgIpc) is 3.08. The third kappa shape index (κ3) is 5.83. The summed E-state index contributed by atoms with van der Waals surface area (Å²) in [6, 6.07) is 1.16. The van der Waals surface area contributed by atoms with Crippen molar-refractivity contribution in [2.75, 3.05) is 33.9 Å². The number of unbranched alkanes of at least 4 members (excludes halogenated alkanes) is 1. The Morgan fingerprint density at radius 1 is 1.28 bits per heavy atom. The van der Waals surface area contributed by atoms with Crippen LogP contribution in [0, 0.1) is 5.82 Å². The Kier molecular flexibility index (Phi) is 8.30. The van der Waals surface area contributed by atoms with Crippen molar-refractivity contribution in [3.63, 3.8) is 0 Å². The number of hydrogen-bond donors (Lipinski definition) is 1. The van der Waals surface area contributed by atoms with Crippen LogP contribution in [0.3, 0.4) is 0 Å². The monoisotopic (exact) mass is 437 g/mol. The molecule has 0 atom stereocenters. The van der Waals surface area contributed by atoms with Gasteiger partial charge in [0.25, 0.3) is 0 Å². The molecule has 1 aromatic carbocycles. The standard InChI is InChI=1S/C19H24ClF4N3O2/c1-4-5-6-27(2)11-12-10-25-26-18(12)13-9-14(29-8-7-28-3)16(20)15(17(13)21)19(22,23)24/h9-10H,4-8,11H2,1-3H3,(H,25,26). The van der Waals surface area contributed by atoms with Crippen LogP contribution < -0.4 is 4.74 Å². The third-order valence-corrected chi connectivity index (χ3v) is 4.69. The summed E-state index contributed by atoms with van der Waals surface area (Å²) < 4.78 is 65.6. The summed E-state index contributed by atoms with van der Waals surface area (Å²) in [7, 11) is 3.30. The molecule has 1 aromatic heterocycles. The highest BCUT2D eigenvalue weighted by molar-refractivity contribution is 6.33. The number of ether oxygens (including phenoxy) is 2. The molecule has 0 unspecified atom stereocenters. The molecule has 162 valence electrons. The van der Waals surface area contributed by atoms with E-state index in [0.29, 0.717) is 12.1 Å². The van der Waals surface area contributed by atoms with E-state index in [9.17, 15) is 17.6 Å². The minimum absolute atomic E-state index is 0.0336. The fraction of sp³-hybridized carbons (Fsp3) is 0.526. The molecular formula is C19H24ClF4N3O2. The van der Waals surface area contributed by atoms with E-state index < -0.39 is 22.6 Å². The number of H-pyrrole nitrogens is 1. The highest BCUT2D eigenvalue weighted by Gasteiger charge is 2.40. The molecule has 0 saturated heterocycles. The number of alkyl halides is 3. The van der Waals surface area contributed by atoms with E-state index >= 15 is 0 Å². The molecule has 0 fully saturated rings. The number of rotatable bonds is 10. The first-order valence-electron chi connectivity index (χ1n) is 9.12. The van der Waals surface area contributed by atoms with Crippen LogP contribution in [0.15, 0.2) is 12.3 Å². The zero-order valence-electron chi connectivity index (χ0n) is 16.5. The quantitative estimate of drug-likeness (QED) is 0.413. The first-order chi connectivity index (χ1) is 13.7. The van der Waals surface area contributed by atoms with Crippen molar-refractivity contribution in [3.05, 3.63) is 34.2 Å². The van der Waals surface area contributed by atoms with Gasteiger partial charge in [-0.05, 0) is 26.1 Å². The number of nitrogens with zero attached hydrogens (tertiary/aromatic N) is 2. The van der Waals surface area contributed by atoms with E-state index in [1.54, 1.807) is 0 Å². The lowest BCUT2D eigenvalue weighted by Gasteiger charge is -2.19. The maximum Gasteiger partial charge on any atom is 0.420 e. The zero-order valence-corrected chi connectivity index (χ0v) is 17.3. The Hall–Kier alpha value is -1.84. The Bertz CT molecular complexity index is 811. The summed E-state index contributed by atoms with van der Waals surface area (Å²) in [5, 5.41) is 5.69. The number of nitrogens with one attached hydrogen (secondary N) is 1. The molecule has 10 heteroatoms. The molecule has 5 nitrogen and oxygen atoms in total. The van der Waals surface area contributed by atoms with Gasteiger partial charge in [0.15, 0.2) is 0 Å². The minimum atomic E-state index is -4.99. The first kappa shape index (κ1) is 23.4. The van der Waals surface area contributed by atoms with Gasteiger partial charge in [0.1, 0.15) is 23.7 Å². The van der Waals surface area contributed by atoms with Crippen molar-refractivity contribution in [2.24, 2.45) is 0 Å². The van der Waals surface area contributed by atoms with Gasteiger partial charge in [-0.2, -0.15) is 18.3 Å². The van der Waals surface area contributed by atoms with E-state index in [0.717, 1.165) is 25.5 Å². The Labute approximate surface area is 171 Å². The summed E-state index contributed by atoms with van der Waals surface area (Å²) in [6.07, 6.45) is -1.54. The Balaban J connectivity index is 2.50. The Morgan fingerprint density at radius 3 is 2.62 bits per heavy atom. The number of aromatic amines is 1. The van der Waals surface area contributed by atoms with Crippen LogP contribution in [-0.2, 0) is 17.5 Å². The second-order valence-electron chi connectivity index (χ2n) is 6.63. The molecule has 1 heterocycles. The summed E-state index contributed by atoms with van der Waals surface area (Å²) in [5.74, 6) is -1.74. The average molecular weight is 438 g/mol. The van der Waals surface area contributed by atoms with Crippen molar-refractivity contribution in [3.8, 4) is 17.0 Å². The maximum absolute atomic E-state index is 14.9. The van der Waals surface area contributed by atoms with E-state index in [1.807, 2.05) is 11.9 Å². The van der Waals surface area contributed by atoms with E-state index in [-0.39, 0.29) is 30.2 Å². The van der Waals surface area contributed by atoms with Gasteiger partial charge < -0.3 is 14.4 Å². The molecular weight excluding hydrogens is 414 g/mol. The molecule has 0 amide bonds. The molecule has 0 spiro atoms. The van der Waals surface area contributed by atoms with Gasteiger partial charge >= 0.3 is 6.18 Å². The maximum atomic E-state index is 14.9. The first-order valence-corrected chi connectivity index (χ1v) is 9.50. The topological polar surface area (TPSA) is 50.4 Å². The highest BCUT2D eigenvalue weighted by Crippen LogP contribution is 2.45. The molecule has 0 radical (unpaired) electrons. The number of methoxy groups -OCH3 is 1. The summed E-state index contributed by atoms with van der Waals surface area (Å²) in [4.78, 5) is 1.99. The molecule has 0 aliphatic rings. The van der Waals surface area contributed by atoms with Crippen LogP contribution >= 0.6 is 11.6 Å². The van der Waals surface area contributed by atoms with Gasteiger partial charge in [-0.1, -0.05) is 24.9 Å². The van der Waals surface area contributed by atoms with Crippen LogP contribution in [0.4, 0.5) is 17.6 Å². The Morgan fingerprint density at radius 2 is 2.00 bits per heavy atom. The third-order valence-electron chi connectivity index (χ3n) is 4.32. The zero-order chi connectivity index (χ0) is 21.6. The molecule has 0 aliphatic carbocycles. The van der Waals surface area contributed by atoms with Crippen LogP contribution in [0.5, 0.6) is 5.75 Å². The molecule has 2 aromatic rings. The SMILES string of the molecule is CCCCN(C)Cc1cn[nH]c1-c1cc(OCCOC)c(Cl)c(C(F)(F)F)c1F. The van der Waals surface area contributed by atoms with Crippen molar-refractivity contribution in [2.45, 2.75) is 32.5 Å². The lowest BCUT2D eigenvalue weighted by molar-refractivity contribution is -0.139. The van der Waals surface area contributed by atoms with Gasteiger partial charge in [0.05, 0.1) is 23.5 Å². The van der Waals surface area contributed by atoms with Gasteiger partial charge in [-0.3, -0.25) is 5.10 Å². The number of hydrogen-bond acceptors (Lipinski definition) is 4. The van der Waals surface area contributed by atoms with Gasteiger partial charge in [-0.25, -0.2) is 4.39 Å². The van der Waals surface area contributed by atoms with Crippen molar-refractivity contribution in [1.29, 1.82) is 0 Å². The van der Waals surface area contributed by atoms with Crippen molar-refractivity contribution >= 4 is 11.6 Å². The van der Waals surface area contributed by atoms with E-state index in [4.69, 9.17) is 21.1 Å². The number of aromatic nitrogens is 2. The number of halogens is 5. The molecule has 0 bridgehead atoms. The van der Waals surface area contributed by atoms with Crippen LogP contribution in [-0.4, -0.2) is 49.0 Å². The summed E-state index contributed by atoms with van der Waals surface area (Å²) in [6.45, 7) is 3.36. The van der Waals surface area contributed by atoms with Crippen molar-refractivity contribution < 1.29 is 27.0 Å². The van der Waals surface area contributed by atoms with E-state index in [1.165, 1.54) is 13.3 Å². The molecule has 0 saturated carbocycles. The second-order valence-corrected chi connectivity index (χ2v) is 7.00. The molecule has 0 aliphatic heterocycles. The predicted molar refractivity (Wildman–Crippen MR) is 103 cm³/mol. The van der Waals surface area contributed by atoms with Gasteiger partial charge in [0, 0.05) is 24.8 Å². The van der Waals surface area contributed by atoms with Crippen LogP contribution in [0.2, 0.25) is 5.02 Å². The fourth-order valence-corrected chi connectivity index (χ4v) is 3.14. The van der Waals surface area contributed by atoms with Crippen LogP contribution in [0.1, 0.15) is 30.9 Å². The smallest absolute Gasteiger partial charge is 0.420 e. The van der Waals surface area contributed by atoms with Gasteiger partial charge in [0.2, 0.25) is 0 Å². The predicted octanol–water partition coefficient (Wildman–Crippen LogP) is 5.15. The lowest BCUT2D eigenvalue weighted by atomic mass is 10.0. The lowest BCUT2D eigenvalue weighted by Crippen LogP contribution is -2.19. The highest BCUT2D eigenvalue weighted by atomic mass is 35.5. The minimum Gasteiger partial charge on any atom is -0.490 e. The van der Waals surface area contributed by atoms with Crippen LogP contribution in [0.25, 0.3) is 11.3 Å². The summed E-state index contributed by atoms with van der Waals surface area (Å²) in [5.41, 5.74) is -1.14. The van der Waals surface area contributed by atoms with Crippen molar-refractivity contribution in [1.82, 2.24) is 15.1 Å². The molecule has 2 rings (SSSR count). The molecule has 29 heavy (non-hydrogen) atoms. The van der Waals surface area contributed by atoms with E-state index in [2.05, 4.69) is 17.1 Å². The second kappa shape index (κ2) is 10.3.